The van der Waals surface area contributed by atoms with Crippen LogP contribution in [-0.2, 0) is 12.0 Å². The van der Waals surface area contributed by atoms with Crippen LogP contribution in [0.5, 0.6) is 5.75 Å². The minimum Gasteiger partial charge on any atom is -0.496 e. The van der Waals surface area contributed by atoms with E-state index in [0.29, 0.717) is 6.42 Å². The number of methoxy groups -OCH3 is 1. The van der Waals surface area contributed by atoms with Gasteiger partial charge in [0, 0.05) is 22.4 Å². The zero-order valence-electron chi connectivity index (χ0n) is 11.9. The number of hydrogen-bond acceptors (Lipinski definition) is 4. The van der Waals surface area contributed by atoms with Gasteiger partial charge in [-0.15, -0.1) is 11.3 Å². The Bertz CT molecular complexity index is 556. The van der Waals surface area contributed by atoms with Crippen molar-refractivity contribution in [2.45, 2.75) is 32.7 Å². The molecule has 0 aliphatic heterocycles. The van der Waals surface area contributed by atoms with E-state index >= 15 is 0 Å². The highest BCUT2D eigenvalue weighted by molar-refractivity contribution is 7.11. The van der Waals surface area contributed by atoms with Gasteiger partial charge in [0.1, 0.15) is 5.75 Å². The first-order valence-corrected chi connectivity index (χ1v) is 7.11. The fourth-order valence-electron chi connectivity index (χ4n) is 2.14. The molecule has 4 heteroatoms. The van der Waals surface area contributed by atoms with Gasteiger partial charge in [-0.25, -0.2) is 4.98 Å². The average molecular weight is 276 g/mol. The number of ether oxygens (including phenoxy) is 1. The number of aromatic nitrogens is 1. The molecule has 1 aromatic heterocycles. The first-order chi connectivity index (χ1) is 8.94. The van der Waals surface area contributed by atoms with E-state index in [2.05, 4.69) is 11.9 Å². The van der Waals surface area contributed by atoms with Crippen LogP contribution in [0, 0.1) is 13.8 Å². The van der Waals surface area contributed by atoms with Gasteiger partial charge in [-0.3, -0.25) is 0 Å². The summed E-state index contributed by atoms with van der Waals surface area (Å²) in [4.78, 5) is 5.83. The van der Waals surface area contributed by atoms with E-state index in [1.807, 2.05) is 38.1 Å². The van der Waals surface area contributed by atoms with Crippen LogP contribution in [0.1, 0.15) is 28.1 Å². The minimum atomic E-state index is -0.483. The van der Waals surface area contributed by atoms with Crippen LogP contribution in [-0.4, -0.2) is 12.1 Å². The summed E-state index contributed by atoms with van der Waals surface area (Å²) in [6.45, 7) is 6.15. The average Bonchev–Trinajstić information content (AvgIpc) is 2.67. The third-order valence-corrected chi connectivity index (χ3v) is 4.39. The van der Waals surface area contributed by atoms with Gasteiger partial charge >= 0.3 is 0 Å². The summed E-state index contributed by atoms with van der Waals surface area (Å²) >= 11 is 1.72. The summed E-state index contributed by atoms with van der Waals surface area (Å²) in [7, 11) is 1.67. The third kappa shape index (κ3) is 2.96. The Morgan fingerprint density at radius 1 is 1.32 bits per heavy atom. The molecular weight excluding hydrogens is 256 g/mol. The number of thiazole rings is 1. The van der Waals surface area contributed by atoms with Crippen LogP contribution in [0.4, 0.5) is 0 Å². The number of nitrogens with zero attached hydrogens (tertiary/aromatic N) is 1. The van der Waals surface area contributed by atoms with Crippen molar-refractivity contribution in [1.82, 2.24) is 4.98 Å². The van der Waals surface area contributed by atoms with Gasteiger partial charge in [-0.1, -0.05) is 18.2 Å². The highest BCUT2D eigenvalue weighted by atomic mass is 32.1. The van der Waals surface area contributed by atoms with Crippen molar-refractivity contribution in [3.8, 4) is 5.75 Å². The quantitative estimate of drug-likeness (QED) is 0.933. The zero-order valence-corrected chi connectivity index (χ0v) is 12.7. The molecule has 19 heavy (non-hydrogen) atoms. The molecule has 2 aromatic rings. The molecule has 1 atom stereocenters. The molecule has 0 saturated heterocycles. The number of rotatable bonds is 4. The second-order valence-corrected chi connectivity index (χ2v) is 6.33. The normalized spacial score (nSPS) is 14.2. The van der Waals surface area contributed by atoms with Gasteiger partial charge < -0.3 is 10.5 Å². The lowest BCUT2D eigenvalue weighted by Crippen LogP contribution is -2.35. The smallest absolute Gasteiger partial charge is 0.123 e. The topological polar surface area (TPSA) is 48.1 Å². The first kappa shape index (κ1) is 14.0. The van der Waals surface area contributed by atoms with Gasteiger partial charge in [-0.2, -0.15) is 0 Å². The number of nitrogens with two attached hydrogens (primary N) is 1. The molecule has 1 aromatic carbocycles. The van der Waals surface area contributed by atoms with Crippen molar-refractivity contribution in [3.63, 3.8) is 0 Å². The van der Waals surface area contributed by atoms with E-state index in [1.54, 1.807) is 18.4 Å². The van der Waals surface area contributed by atoms with Crippen LogP contribution in [0.3, 0.4) is 0 Å². The fourth-order valence-corrected chi connectivity index (χ4v) is 3.24. The molecule has 0 aliphatic carbocycles. The Balaban J connectivity index is 2.31. The van der Waals surface area contributed by atoms with E-state index in [1.165, 1.54) is 4.88 Å². The second kappa shape index (κ2) is 5.31. The van der Waals surface area contributed by atoms with E-state index in [4.69, 9.17) is 10.5 Å². The molecule has 0 spiro atoms. The summed E-state index contributed by atoms with van der Waals surface area (Å²) in [5, 5.41) is 1.07. The van der Waals surface area contributed by atoms with Gasteiger partial charge in [0.25, 0.3) is 0 Å². The van der Waals surface area contributed by atoms with Gasteiger partial charge in [0.05, 0.1) is 17.8 Å². The number of benzene rings is 1. The largest absolute Gasteiger partial charge is 0.496 e. The Labute approximate surface area is 118 Å². The maximum atomic E-state index is 6.49. The second-order valence-electron chi connectivity index (χ2n) is 5.04. The molecule has 1 unspecified atom stereocenters. The van der Waals surface area contributed by atoms with Crippen LogP contribution in [0.15, 0.2) is 24.3 Å². The first-order valence-electron chi connectivity index (χ1n) is 6.29. The summed E-state index contributed by atoms with van der Waals surface area (Å²) < 4.78 is 5.40. The highest BCUT2D eigenvalue weighted by Crippen LogP contribution is 2.32. The highest BCUT2D eigenvalue weighted by Gasteiger charge is 2.26. The minimum absolute atomic E-state index is 0.483. The summed E-state index contributed by atoms with van der Waals surface area (Å²) in [6, 6.07) is 7.91. The molecular formula is C15H20N2OS. The fraction of sp³-hybridized carbons (Fsp3) is 0.400. The molecule has 0 aliphatic rings. The van der Waals surface area contributed by atoms with E-state index in [9.17, 15) is 0 Å². The van der Waals surface area contributed by atoms with Crippen molar-refractivity contribution < 1.29 is 4.74 Å². The van der Waals surface area contributed by atoms with Crippen LogP contribution >= 0.6 is 11.3 Å². The number of aryl methyl sites for hydroxylation is 2. The molecule has 0 amide bonds. The standard InChI is InChI=1S/C15H20N2OS/c1-10-11(2)19-14(17-10)9-15(3,16)12-7-5-6-8-13(12)18-4/h5-8H,9,16H2,1-4H3. The lowest BCUT2D eigenvalue weighted by Gasteiger charge is -2.26. The molecule has 2 N–H and O–H groups in total. The lowest BCUT2D eigenvalue weighted by molar-refractivity contribution is 0.386. The predicted molar refractivity (Wildman–Crippen MR) is 79.8 cm³/mol. The van der Waals surface area contributed by atoms with Crippen molar-refractivity contribution in [1.29, 1.82) is 0 Å². The van der Waals surface area contributed by atoms with Crippen molar-refractivity contribution in [3.05, 3.63) is 45.4 Å². The molecule has 0 fully saturated rings. The van der Waals surface area contributed by atoms with E-state index in [-0.39, 0.29) is 0 Å². The Kier molecular flexibility index (Phi) is 3.92. The molecule has 0 radical (unpaired) electrons. The molecule has 0 saturated carbocycles. The van der Waals surface area contributed by atoms with E-state index in [0.717, 1.165) is 22.0 Å². The zero-order chi connectivity index (χ0) is 14.0. The summed E-state index contributed by atoms with van der Waals surface area (Å²) in [5.41, 5.74) is 8.12. The molecule has 2 rings (SSSR count). The SMILES string of the molecule is COc1ccccc1C(C)(N)Cc1nc(C)c(C)s1. The third-order valence-electron chi connectivity index (χ3n) is 3.31. The Morgan fingerprint density at radius 2 is 2.00 bits per heavy atom. The van der Waals surface area contributed by atoms with Gasteiger partial charge in [0.15, 0.2) is 0 Å². The maximum absolute atomic E-state index is 6.49. The Hall–Kier alpha value is -1.39. The van der Waals surface area contributed by atoms with Crippen molar-refractivity contribution in [2.75, 3.05) is 7.11 Å². The summed E-state index contributed by atoms with van der Waals surface area (Å²) in [6.07, 6.45) is 0.715. The summed E-state index contributed by atoms with van der Waals surface area (Å²) in [5.74, 6) is 0.831. The number of para-hydroxylation sites is 1. The molecule has 3 nitrogen and oxygen atoms in total. The molecule has 102 valence electrons. The van der Waals surface area contributed by atoms with E-state index < -0.39 is 5.54 Å². The predicted octanol–water partition coefficient (Wildman–Crippen LogP) is 3.19. The van der Waals surface area contributed by atoms with Crippen LogP contribution in [0.2, 0.25) is 0 Å². The lowest BCUT2D eigenvalue weighted by atomic mass is 9.89. The Morgan fingerprint density at radius 3 is 2.58 bits per heavy atom. The van der Waals surface area contributed by atoms with Crippen LogP contribution < -0.4 is 10.5 Å². The molecule has 0 bridgehead atoms. The van der Waals surface area contributed by atoms with Crippen LogP contribution in [0.25, 0.3) is 0 Å². The monoisotopic (exact) mass is 276 g/mol. The van der Waals surface area contributed by atoms with Crippen molar-refractivity contribution in [2.24, 2.45) is 5.73 Å². The van der Waals surface area contributed by atoms with Crippen molar-refractivity contribution >= 4 is 11.3 Å². The van der Waals surface area contributed by atoms with Gasteiger partial charge in [-0.05, 0) is 26.8 Å². The van der Waals surface area contributed by atoms with Gasteiger partial charge in [0.2, 0.25) is 0 Å². The number of hydrogen-bond donors (Lipinski definition) is 1. The molecule has 1 heterocycles. The maximum Gasteiger partial charge on any atom is 0.123 e.